The quantitative estimate of drug-likeness (QED) is 0.0428. The highest BCUT2D eigenvalue weighted by molar-refractivity contribution is 7.81. The molecular weight excluding hydrogens is 650 g/mol. The molecule has 268 valence electrons. The van der Waals surface area contributed by atoms with Gasteiger partial charge in [0.2, 0.25) is 5.91 Å². The Balaban J connectivity index is 2.81. The van der Waals surface area contributed by atoms with Crippen molar-refractivity contribution in [3.8, 4) is 0 Å². The van der Waals surface area contributed by atoms with E-state index in [2.05, 4.69) is 17.9 Å². The fourth-order valence-corrected chi connectivity index (χ4v) is 6.53. The highest BCUT2D eigenvalue weighted by Gasteiger charge is 2.82. The first-order valence-corrected chi connectivity index (χ1v) is 15.5. The van der Waals surface area contributed by atoms with Crippen molar-refractivity contribution in [3.63, 3.8) is 0 Å². The van der Waals surface area contributed by atoms with Gasteiger partial charge in [-0.05, 0) is 40.5 Å². The summed E-state index contributed by atoms with van der Waals surface area (Å²) in [6.45, 7) is 2.22. The Morgan fingerprint density at radius 3 is 1.94 bits per heavy atom. The van der Waals surface area contributed by atoms with Crippen LogP contribution in [0.5, 0.6) is 0 Å². The van der Waals surface area contributed by atoms with Crippen molar-refractivity contribution in [3.05, 3.63) is 0 Å². The van der Waals surface area contributed by atoms with Gasteiger partial charge in [-0.2, -0.15) is 12.6 Å². The average Bonchev–Trinajstić information content (AvgIpc) is 2.98. The second-order valence-corrected chi connectivity index (χ2v) is 12.5. The zero-order valence-corrected chi connectivity index (χ0v) is 27.7. The number of ether oxygens (including phenoxy) is 3. The second-order valence-electron chi connectivity index (χ2n) is 12.1. The first-order chi connectivity index (χ1) is 21.6. The summed E-state index contributed by atoms with van der Waals surface area (Å²) in [5.74, 6) is -9.33. The Labute approximate surface area is 276 Å². The van der Waals surface area contributed by atoms with Crippen molar-refractivity contribution in [2.24, 2.45) is 0 Å². The number of aliphatic hydroxyl groups is 7. The standard InChI is InChI=1S/C29H45NO16S/c1-14(32)21(38)23-27(41,15(2)33)29(43,17(4)35)28(42,16(3)34)24(45-23)25(40)13-26(30-18(5)36,46-20(11-31)22(25)39)44-10-8-6-7-9-19(37)12-47/h20-24,31,38-43,47H,6-13H2,1-5H3,(H,30,36)/t20-,21?,22+,23-,24+,25-,26-,27+,28+,29+/m1/s1. The molecule has 8 N–H and O–H groups in total. The van der Waals surface area contributed by atoms with Gasteiger partial charge >= 0.3 is 0 Å². The molecule has 2 aliphatic heterocycles. The van der Waals surface area contributed by atoms with E-state index in [0.29, 0.717) is 33.6 Å². The predicted octanol–water partition coefficient (Wildman–Crippen LogP) is -3.60. The summed E-state index contributed by atoms with van der Waals surface area (Å²) in [5, 5.41) is 82.4. The molecule has 2 fully saturated rings. The van der Waals surface area contributed by atoms with E-state index in [4.69, 9.17) is 14.2 Å². The minimum Gasteiger partial charge on any atom is -0.394 e. The number of hydrogen-bond acceptors (Lipinski definition) is 17. The molecule has 0 aromatic heterocycles. The number of carbonyl (C=O) groups excluding carboxylic acids is 6. The van der Waals surface area contributed by atoms with Crippen LogP contribution in [-0.2, 0) is 43.0 Å². The molecule has 0 bridgehead atoms. The van der Waals surface area contributed by atoms with Gasteiger partial charge in [0.1, 0.15) is 41.9 Å². The summed E-state index contributed by atoms with van der Waals surface area (Å²) in [6, 6.07) is 0. The van der Waals surface area contributed by atoms with Gasteiger partial charge in [-0.15, -0.1) is 0 Å². The lowest BCUT2D eigenvalue weighted by atomic mass is 9.55. The third-order valence-electron chi connectivity index (χ3n) is 8.80. The number of carbonyl (C=O) groups is 6. The normalized spacial score (nSPS) is 37.9. The Bertz CT molecular complexity index is 1250. The number of ketones is 5. The van der Waals surface area contributed by atoms with Crippen molar-refractivity contribution in [2.45, 2.75) is 126 Å². The minimum absolute atomic E-state index is 0.0577. The lowest BCUT2D eigenvalue weighted by Gasteiger charge is -2.63. The van der Waals surface area contributed by atoms with Crippen molar-refractivity contribution >= 4 is 47.5 Å². The molecule has 2 saturated heterocycles. The minimum atomic E-state index is -3.95. The summed E-state index contributed by atoms with van der Waals surface area (Å²) in [7, 11) is 0. The third-order valence-corrected chi connectivity index (χ3v) is 9.15. The van der Waals surface area contributed by atoms with Gasteiger partial charge in [-0.3, -0.25) is 28.8 Å². The topological polar surface area (TPSA) is 284 Å². The van der Waals surface area contributed by atoms with Crippen molar-refractivity contribution in [1.29, 1.82) is 0 Å². The molecule has 0 saturated carbocycles. The Kier molecular flexibility index (Phi) is 13.2. The first kappa shape index (κ1) is 40.9. The highest BCUT2D eigenvalue weighted by Crippen LogP contribution is 2.53. The number of aliphatic hydroxyl groups excluding tert-OH is 3. The zero-order chi connectivity index (χ0) is 36.3. The van der Waals surface area contributed by atoms with Gasteiger partial charge in [0, 0.05) is 19.1 Å². The molecule has 0 radical (unpaired) electrons. The fourth-order valence-electron chi connectivity index (χ4n) is 6.37. The van der Waals surface area contributed by atoms with E-state index < -0.39 is 101 Å². The Morgan fingerprint density at radius 2 is 1.49 bits per heavy atom. The van der Waals surface area contributed by atoms with Crippen LogP contribution in [0.1, 0.15) is 66.7 Å². The molecule has 1 unspecified atom stereocenters. The fraction of sp³-hybridized carbons (Fsp3) is 0.793. The van der Waals surface area contributed by atoms with Crippen molar-refractivity contribution in [1.82, 2.24) is 5.32 Å². The SMILES string of the molecule is CC(=O)N[C@@]1(OCCCCCC(=O)CS)C[C@](O)([C@@H]2O[C@H](C(O)C(C)=O)[C@@](O)(C(C)=O)[C@@](O)(C(C)=O)[C@]2(O)C(C)=O)[C@@H](O)[C@@H](CO)O1. The summed E-state index contributed by atoms with van der Waals surface area (Å²) in [6.07, 6.45) is -12.1. The molecule has 18 heteroatoms. The Hall–Kier alpha value is -2.23. The van der Waals surface area contributed by atoms with E-state index in [9.17, 15) is 64.5 Å². The van der Waals surface area contributed by atoms with Gasteiger partial charge in [-0.25, -0.2) is 0 Å². The van der Waals surface area contributed by atoms with Crippen LogP contribution in [0.3, 0.4) is 0 Å². The van der Waals surface area contributed by atoms with Gasteiger partial charge in [-0.1, -0.05) is 6.42 Å². The number of hydrogen-bond donors (Lipinski definition) is 9. The maximum Gasteiger partial charge on any atom is 0.254 e. The number of unbranched alkanes of at least 4 members (excludes halogenated alkanes) is 2. The number of Topliss-reactive ketones (excluding diaryl/α,β-unsaturated/α-hetero) is 5. The molecule has 2 rings (SSSR count). The number of nitrogens with one attached hydrogen (secondary N) is 1. The van der Waals surface area contributed by atoms with Crippen LogP contribution in [-0.4, -0.2) is 148 Å². The predicted molar refractivity (Wildman–Crippen MR) is 160 cm³/mol. The van der Waals surface area contributed by atoms with Crippen LogP contribution in [0.4, 0.5) is 0 Å². The zero-order valence-electron chi connectivity index (χ0n) is 26.8. The van der Waals surface area contributed by atoms with Crippen LogP contribution in [0.15, 0.2) is 0 Å². The molecule has 1 amide bonds. The molecule has 0 aliphatic carbocycles. The maximum absolute atomic E-state index is 13.3. The van der Waals surface area contributed by atoms with E-state index in [1.165, 1.54) is 0 Å². The molecule has 2 aliphatic rings. The van der Waals surface area contributed by atoms with E-state index in [0.717, 1.165) is 13.8 Å². The van der Waals surface area contributed by atoms with E-state index >= 15 is 0 Å². The van der Waals surface area contributed by atoms with Crippen LogP contribution in [0.25, 0.3) is 0 Å². The molecule has 0 spiro atoms. The molecule has 10 atom stereocenters. The maximum atomic E-state index is 13.3. The summed E-state index contributed by atoms with van der Waals surface area (Å²) in [4.78, 5) is 75.6. The molecule has 0 aromatic carbocycles. The van der Waals surface area contributed by atoms with Crippen LogP contribution in [0.2, 0.25) is 0 Å². The van der Waals surface area contributed by atoms with E-state index in [-0.39, 0.29) is 31.0 Å². The lowest BCUT2D eigenvalue weighted by Crippen LogP contribution is -2.90. The number of rotatable bonds is 16. The molecule has 0 aromatic rings. The first-order valence-electron chi connectivity index (χ1n) is 14.9. The summed E-state index contributed by atoms with van der Waals surface area (Å²) < 4.78 is 17.1. The summed E-state index contributed by atoms with van der Waals surface area (Å²) in [5.41, 5.74) is -14.7. The third kappa shape index (κ3) is 7.09. The van der Waals surface area contributed by atoms with Crippen LogP contribution in [0, 0.1) is 0 Å². The largest absolute Gasteiger partial charge is 0.394 e. The van der Waals surface area contributed by atoms with Crippen LogP contribution >= 0.6 is 12.6 Å². The smallest absolute Gasteiger partial charge is 0.254 e. The Morgan fingerprint density at radius 1 is 0.915 bits per heavy atom. The monoisotopic (exact) mass is 695 g/mol. The van der Waals surface area contributed by atoms with E-state index in [1.54, 1.807) is 0 Å². The average molecular weight is 696 g/mol. The molecule has 2 heterocycles. The van der Waals surface area contributed by atoms with Crippen molar-refractivity contribution < 1.29 is 78.7 Å². The lowest BCUT2D eigenvalue weighted by molar-refractivity contribution is -0.400. The summed E-state index contributed by atoms with van der Waals surface area (Å²) >= 11 is 3.91. The molecular formula is C29H45NO16S. The number of thiol groups is 1. The van der Waals surface area contributed by atoms with Crippen molar-refractivity contribution in [2.75, 3.05) is 19.0 Å². The molecule has 17 nitrogen and oxygen atoms in total. The van der Waals surface area contributed by atoms with E-state index in [1.807, 2.05) is 0 Å². The van der Waals surface area contributed by atoms with Gasteiger partial charge in [0.25, 0.3) is 5.91 Å². The van der Waals surface area contributed by atoms with Crippen LogP contribution < -0.4 is 5.32 Å². The van der Waals surface area contributed by atoms with Gasteiger partial charge in [0.05, 0.1) is 19.6 Å². The second kappa shape index (κ2) is 15.1. The van der Waals surface area contributed by atoms with Gasteiger partial charge < -0.3 is 55.3 Å². The number of amides is 1. The highest BCUT2D eigenvalue weighted by atomic mass is 32.1. The van der Waals surface area contributed by atoms with Gasteiger partial charge in [0.15, 0.2) is 39.9 Å². The molecule has 47 heavy (non-hydrogen) atoms.